The fraction of sp³-hybridized carbons (Fsp3) is 0.632. The van der Waals surface area contributed by atoms with Gasteiger partial charge in [-0.2, -0.15) is 24.9 Å². The number of methoxy groups -OCH3 is 1. The average Bonchev–Trinajstić information content (AvgIpc) is 3.12. The number of rotatable bonds is 8. The number of nitrogens with zero attached hydrogens (tertiary/aromatic N) is 1. The Morgan fingerprint density at radius 2 is 2.03 bits per heavy atom. The minimum Gasteiger partial charge on any atom is -0.493 e. The van der Waals surface area contributed by atoms with Gasteiger partial charge in [-0.25, -0.2) is 4.99 Å². The Morgan fingerprint density at radius 3 is 2.62 bits per heavy atom. The molecule has 0 heterocycles. The molecule has 0 radical (unpaired) electrons. The van der Waals surface area contributed by atoms with E-state index >= 15 is 0 Å². The van der Waals surface area contributed by atoms with Gasteiger partial charge in [0.1, 0.15) is 0 Å². The first-order chi connectivity index (χ1) is 13.3. The van der Waals surface area contributed by atoms with Gasteiger partial charge in [0, 0.05) is 17.8 Å². The third kappa shape index (κ3) is 9.10. The lowest BCUT2D eigenvalue weighted by molar-refractivity contribution is -0.153. The molecular formula is C19H29F3IN3O2S. The van der Waals surface area contributed by atoms with Crippen LogP contribution in [0.1, 0.15) is 31.7 Å². The maximum absolute atomic E-state index is 12.4. The third-order valence-electron chi connectivity index (χ3n) is 4.44. The fourth-order valence-corrected chi connectivity index (χ4v) is 3.85. The van der Waals surface area contributed by atoms with Crippen LogP contribution < -0.4 is 20.1 Å². The van der Waals surface area contributed by atoms with E-state index in [1.165, 1.54) is 19.6 Å². The summed E-state index contributed by atoms with van der Waals surface area (Å²) in [5.41, 5.74) is 0.821. The van der Waals surface area contributed by atoms with Crippen molar-refractivity contribution in [3.8, 4) is 11.5 Å². The number of aliphatic imine (C=N–C) groups is 1. The minimum atomic E-state index is -4.39. The quantitative estimate of drug-likeness (QED) is 0.283. The molecular weight excluding hydrogens is 518 g/mol. The minimum absolute atomic E-state index is 0. The van der Waals surface area contributed by atoms with Gasteiger partial charge in [-0.05, 0) is 50.1 Å². The van der Waals surface area contributed by atoms with Crippen LogP contribution in [0.25, 0.3) is 0 Å². The predicted octanol–water partition coefficient (Wildman–Crippen LogP) is 4.59. The van der Waals surface area contributed by atoms with E-state index in [1.54, 1.807) is 12.1 Å². The first-order valence-electron chi connectivity index (χ1n) is 9.28. The molecule has 10 heteroatoms. The molecule has 2 atom stereocenters. The molecule has 1 aliphatic carbocycles. The topological polar surface area (TPSA) is 54.9 Å². The molecule has 0 aromatic heterocycles. The van der Waals surface area contributed by atoms with E-state index in [2.05, 4.69) is 21.9 Å². The highest BCUT2D eigenvalue weighted by atomic mass is 127. The Labute approximate surface area is 191 Å². The van der Waals surface area contributed by atoms with Crippen molar-refractivity contribution in [2.45, 2.75) is 50.2 Å². The van der Waals surface area contributed by atoms with Crippen molar-refractivity contribution < 1.29 is 22.6 Å². The van der Waals surface area contributed by atoms with Crippen molar-refractivity contribution in [1.29, 1.82) is 0 Å². The van der Waals surface area contributed by atoms with Crippen molar-refractivity contribution in [2.24, 2.45) is 4.99 Å². The lowest BCUT2D eigenvalue weighted by Gasteiger charge is -2.17. The van der Waals surface area contributed by atoms with Crippen molar-refractivity contribution in [3.05, 3.63) is 23.8 Å². The summed E-state index contributed by atoms with van der Waals surface area (Å²) >= 11 is 1.90. The zero-order chi connectivity index (χ0) is 20.6. The van der Waals surface area contributed by atoms with Gasteiger partial charge in [0.15, 0.2) is 24.1 Å². The second-order valence-corrected chi connectivity index (χ2v) is 7.73. The number of guanidine groups is 1. The molecule has 0 aliphatic heterocycles. The van der Waals surface area contributed by atoms with Crippen LogP contribution in [-0.4, -0.2) is 49.9 Å². The molecule has 1 fully saturated rings. The molecule has 1 aliphatic rings. The molecule has 29 heavy (non-hydrogen) atoms. The van der Waals surface area contributed by atoms with E-state index in [-0.39, 0.29) is 35.5 Å². The summed E-state index contributed by atoms with van der Waals surface area (Å²) in [4.78, 5) is 4.60. The Balaban J connectivity index is 0.00000420. The van der Waals surface area contributed by atoms with Crippen LogP contribution in [0, 0.1) is 0 Å². The summed E-state index contributed by atoms with van der Waals surface area (Å²) in [6.45, 7) is 1.78. The van der Waals surface area contributed by atoms with Crippen molar-refractivity contribution in [1.82, 2.24) is 10.6 Å². The number of thioether (sulfide) groups is 1. The largest absolute Gasteiger partial charge is 0.493 e. The third-order valence-corrected chi connectivity index (χ3v) is 5.54. The summed E-state index contributed by atoms with van der Waals surface area (Å²) in [6, 6.07) is 5.23. The highest BCUT2D eigenvalue weighted by Gasteiger charge is 2.29. The van der Waals surface area contributed by atoms with Crippen molar-refractivity contribution in [2.75, 3.05) is 26.5 Å². The number of hydrogen-bond acceptors (Lipinski definition) is 4. The summed E-state index contributed by atoms with van der Waals surface area (Å²) in [5.74, 6) is 1.06. The predicted molar refractivity (Wildman–Crippen MR) is 123 cm³/mol. The summed E-state index contributed by atoms with van der Waals surface area (Å²) in [6.07, 6.45) is 1.19. The Kier molecular flexibility index (Phi) is 11.3. The smallest absolute Gasteiger partial charge is 0.422 e. The molecule has 0 bridgehead atoms. The van der Waals surface area contributed by atoms with Gasteiger partial charge in [-0.1, -0.05) is 6.07 Å². The number of hydrogen-bond donors (Lipinski definition) is 2. The molecule has 1 aromatic rings. The Bertz CT molecular complexity index is 662. The van der Waals surface area contributed by atoms with Gasteiger partial charge in [-0.3, -0.25) is 0 Å². The maximum atomic E-state index is 12.4. The lowest BCUT2D eigenvalue weighted by Crippen LogP contribution is -2.42. The standard InChI is InChI=1S/C19H28F3N3O2S.HI/c1-4-23-18(25-14-6-7-15(10-14)28-3)24-11-13-5-8-16(17(9-13)26-2)27-12-19(20,21)22;/h5,8-9,14-15H,4,6-7,10-12H2,1-3H3,(H2,23,24,25);1H. The first kappa shape index (κ1) is 26.0. The molecule has 0 saturated heterocycles. The number of benzene rings is 1. The van der Waals surface area contributed by atoms with Crippen molar-refractivity contribution in [3.63, 3.8) is 0 Å². The number of alkyl halides is 3. The van der Waals surface area contributed by atoms with Gasteiger partial charge >= 0.3 is 6.18 Å². The molecule has 2 unspecified atom stereocenters. The molecule has 0 amide bonds. The average molecular weight is 547 g/mol. The van der Waals surface area contributed by atoms with Gasteiger partial charge < -0.3 is 20.1 Å². The Morgan fingerprint density at radius 1 is 1.28 bits per heavy atom. The lowest BCUT2D eigenvalue weighted by atomic mass is 10.2. The van der Waals surface area contributed by atoms with Crippen LogP contribution in [0.5, 0.6) is 11.5 Å². The van der Waals surface area contributed by atoms with Crippen LogP contribution >= 0.6 is 35.7 Å². The van der Waals surface area contributed by atoms with Gasteiger partial charge in [0.25, 0.3) is 0 Å². The molecule has 2 N–H and O–H groups in total. The molecule has 166 valence electrons. The highest BCUT2D eigenvalue weighted by Crippen LogP contribution is 2.30. The van der Waals surface area contributed by atoms with E-state index < -0.39 is 12.8 Å². The van der Waals surface area contributed by atoms with Gasteiger partial charge in [0.05, 0.1) is 13.7 Å². The van der Waals surface area contributed by atoms with Crippen LogP contribution in [0.2, 0.25) is 0 Å². The van der Waals surface area contributed by atoms with E-state index in [1.807, 2.05) is 18.7 Å². The summed E-state index contributed by atoms with van der Waals surface area (Å²) in [7, 11) is 1.40. The normalized spacial score (nSPS) is 19.4. The molecule has 5 nitrogen and oxygen atoms in total. The fourth-order valence-electron chi connectivity index (χ4n) is 3.06. The summed E-state index contributed by atoms with van der Waals surface area (Å²) < 4.78 is 47.0. The second kappa shape index (κ2) is 12.6. The molecule has 0 spiro atoms. The number of halogens is 4. The number of ether oxygens (including phenoxy) is 2. The summed E-state index contributed by atoms with van der Waals surface area (Å²) in [5, 5.41) is 7.40. The van der Waals surface area contributed by atoms with E-state index in [0.717, 1.165) is 30.9 Å². The van der Waals surface area contributed by atoms with E-state index in [4.69, 9.17) is 9.47 Å². The second-order valence-electron chi connectivity index (χ2n) is 6.60. The zero-order valence-electron chi connectivity index (χ0n) is 16.8. The van der Waals surface area contributed by atoms with Crippen LogP contribution in [0.15, 0.2) is 23.2 Å². The van der Waals surface area contributed by atoms with Gasteiger partial charge in [0.2, 0.25) is 0 Å². The van der Waals surface area contributed by atoms with Crippen LogP contribution in [0.4, 0.5) is 13.2 Å². The maximum Gasteiger partial charge on any atom is 0.422 e. The van der Waals surface area contributed by atoms with E-state index in [0.29, 0.717) is 17.8 Å². The highest BCUT2D eigenvalue weighted by molar-refractivity contribution is 14.0. The Hall–Kier alpha value is -1.04. The SMILES string of the molecule is CCNC(=NCc1ccc(OCC(F)(F)F)c(OC)c1)NC1CCC(SC)C1.I. The zero-order valence-corrected chi connectivity index (χ0v) is 20.0. The van der Waals surface area contributed by atoms with Crippen LogP contribution in [0.3, 0.4) is 0 Å². The van der Waals surface area contributed by atoms with Crippen molar-refractivity contribution >= 4 is 41.7 Å². The van der Waals surface area contributed by atoms with Crippen LogP contribution in [-0.2, 0) is 6.54 Å². The monoisotopic (exact) mass is 547 g/mol. The molecule has 1 saturated carbocycles. The molecule has 2 rings (SSSR count). The van der Waals surface area contributed by atoms with Gasteiger partial charge in [-0.15, -0.1) is 24.0 Å². The first-order valence-corrected chi connectivity index (χ1v) is 10.6. The number of nitrogens with one attached hydrogen (secondary N) is 2. The molecule has 1 aromatic carbocycles. The van der Waals surface area contributed by atoms with E-state index in [9.17, 15) is 13.2 Å².